The molecule has 0 aromatic carbocycles. The highest BCUT2D eigenvalue weighted by Gasteiger charge is 2.19. The molecular weight excluding hydrogens is 224 g/mol. The van der Waals surface area contributed by atoms with E-state index >= 15 is 0 Å². The minimum absolute atomic E-state index is 0.342. The molecule has 0 aromatic heterocycles. The zero-order valence-corrected chi connectivity index (χ0v) is 11.2. The van der Waals surface area contributed by atoms with Crippen LogP contribution in [0.5, 0.6) is 0 Å². The van der Waals surface area contributed by atoms with Crippen molar-refractivity contribution >= 4 is 11.8 Å². The Morgan fingerprint density at radius 1 is 1.56 bits per heavy atom. The number of rotatable bonds is 8. The van der Waals surface area contributed by atoms with Gasteiger partial charge < -0.3 is 14.8 Å². The predicted octanol–water partition coefficient (Wildman–Crippen LogP) is 0.634. The molecule has 4 nitrogen and oxygen atoms in total. The first-order valence-corrected chi connectivity index (χ1v) is 7.37. The summed E-state index contributed by atoms with van der Waals surface area (Å²) in [6, 6.07) is 0. The lowest BCUT2D eigenvalue weighted by molar-refractivity contribution is -0.0329. The maximum Gasteiger partial charge on any atom is 0.0918 e. The van der Waals surface area contributed by atoms with Crippen LogP contribution in [0.2, 0.25) is 0 Å². The summed E-state index contributed by atoms with van der Waals surface area (Å²) >= 11 is 1.72. The van der Waals surface area contributed by atoms with Gasteiger partial charge in [-0.2, -0.15) is 0 Å². The highest BCUT2D eigenvalue weighted by molar-refractivity contribution is 7.98. The predicted molar refractivity (Wildman–Crippen MR) is 69.1 cm³/mol. The first kappa shape index (κ1) is 14.3. The van der Waals surface area contributed by atoms with Crippen LogP contribution < -0.4 is 5.32 Å². The molecule has 96 valence electrons. The fourth-order valence-electron chi connectivity index (χ4n) is 1.75. The van der Waals surface area contributed by atoms with E-state index in [4.69, 9.17) is 9.47 Å². The van der Waals surface area contributed by atoms with Crippen LogP contribution in [-0.2, 0) is 9.47 Å². The fraction of sp³-hybridized carbons (Fsp3) is 1.00. The minimum Gasteiger partial charge on any atom is -0.374 e. The highest BCUT2D eigenvalue weighted by Crippen LogP contribution is 2.04. The molecule has 1 saturated heterocycles. The molecule has 0 bridgehead atoms. The Morgan fingerprint density at radius 3 is 3.19 bits per heavy atom. The van der Waals surface area contributed by atoms with E-state index in [1.165, 1.54) is 0 Å². The zero-order chi connectivity index (χ0) is 11.6. The van der Waals surface area contributed by atoms with E-state index in [0.29, 0.717) is 6.10 Å². The zero-order valence-electron chi connectivity index (χ0n) is 10.4. The monoisotopic (exact) mass is 248 g/mol. The summed E-state index contributed by atoms with van der Waals surface area (Å²) in [5, 5.41) is 3.33. The Balaban J connectivity index is 2.07. The normalized spacial score (nSPS) is 22.5. The van der Waals surface area contributed by atoms with Crippen LogP contribution in [0, 0.1) is 0 Å². The lowest BCUT2D eigenvalue weighted by Gasteiger charge is -2.32. The molecule has 0 spiro atoms. The van der Waals surface area contributed by atoms with E-state index in [1.54, 1.807) is 11.8 Å². The summed E-state index contributed by atoms with van der Waals surface area (Å²) in [7, 11) is 0. The molecule has 1 atom stereocenters. The molecule has 0 saturated carbocycles. The van der Waals surface area contributed by atoms with Crippen molar-refractivity contribution in [3.05, 3.63) is 0 Å². The maximum atomic E-state index is 5.69. The SMILES string of the molecule is CCNCC1CN(CCOCSC)CCO1. The van der Waals surface area contributed by atoms with Crippen molar-refractivity contribution in [3.8, 4) is 0 Å². The Labute approximate surface area is 103 Å². The molecule has 1 aliphatic rings. The summed E-state index contributed by atoms with van der Waals surface area (Å²) in [6.45, 7) is 8.84. The second kappa shape index (κ2) is 9.24. The third kappa shape index (κ3) is 6.06. The van der Waals surface area contributed by atoms with E-state index in [9.17, 15) is 0 Å². The van der Waals surface area contributed by atoms with Crippen molar-refractivity contribution < 1.29 is 9.47 Å². The molecule has 0 amide bonds. The van der Waals surface area contributed by atoms with E-state index in [-0.39, 0.29) is 0 Å². The molecule has 1 unspecified atom stereocenters. The molecule has 0 aromatic rings. The average Bonchev–Trinajstić information content (AvgIpc) is 2.33. The molecule has 1 rings (SSSR count). The quantitative estimate of drug-likeness (QED) is 0.503. The third-order valence-electron chi connectivity index (χ3n) is 2.60. The number of ether oxygens (including phenoxy) is 2. The first-order valence-electron chi connectivity index (χ1n) is 5.98. The van der Waals surface area contributed by atoms with Gasteiger partial charge in [0, 0.05) is 26.2 Å². The molecule has 1 N–H and O–H groups in total. The number of morpholine rings is 1. The maximum absolute atomic E-state index is 5.69. The van der Waals surface area contributed by atoms with Gasteiger partial charge in [0.15, 0.2) is 0 Å². The van der Waals surface area contributed by atoms with Gasteiger partial charge in [-0.05, 0) is 12.8 Å². The lowest BCUT2D eigenvalue weighted by Crippen LogP contribution is -2.47. The van der Waals surface area contributed by atoms with E-state index in [0.717, 1.165) is 51.9 Å². The van der Waals surface area contributed by atoms with Gasteiger partial charge in [0.05, 0.1) is 25.3 Å². The van der Waals surface area contributed by atoms with Crippen molar-refractivity contribution in [2.45, 2.75) is 13.0 Å². The van der Waals surface area contributed by atoms with Crippen molar-refractivity contribution in [1.82, 2.24) is 10.2 Å². The Bertz CT molecular complexity index is 172. The molecule has 5 heteroatoms. The Morgan fingerprint density at radius 2 is 2.44 bits per heavy atom. The standard InChI is InChI=1S/C11H24N2O2S/c1-3-12-8-11-9-13(5-7-15-11)4-6-14-10-16-2/h11-12H,3-10H2,1-2H3. The second-order valence-corrected chi connectivity index (χ2v) is 4.73. The van der Waals surface area contributed by atoms with Crippen LogP contribution in [0.4, 0.5) is 0 Å². The van der Waals surface area contributed by atoms with Gasteiger partial charge in [0.1, 0.15) is 0 Å². The number of nitrogens with zero attached hydrogens (tertiary/aromatic N) is 1. The smallest absolute Gasteiger partial charge is 0.0918 e. The molecule has 1 heterocycles. The average molecular weight is 248 g/mol. The van der Waals surface area contributed by atoms with E-state index in [1.807, 2.05) is 0 Å². The molecule has 16 heavy (non-hydrogen) atoms. The van der Waals surface area contributed by atoms with Gasteiger partial charge in [0.2, 0.25) is 0 Å². The summed E-state index contributed by atoms with van der Waals surface area (Å²) < 4.78 is 11.2. The van der Waals surface area contributed by atoms with Gasteiger partial charge in [-0.25, -0.2) is 0 Å². The van der Waals surface area contributed by atoms with Crippen LogP contribution >= 0.6 is 11.8 Å². The topological polar surface area (TPSA) is 33.7 Å². The summed E-state index contributed by atoms with van der Waals surface area (Å²) in [6.07, 6.45) is 2.40. The van der Waals surface area contributed by atoms with Crippen LogP contribution in [0.15, 0.2) is 0 Å². The largest absolute Gasteiger partial charge is 0.374 e. The number of hydrogen-bond acceptors (Lipinski definition) is 5. The van der Waals surface area contributed by atoms with Crippen LogP contribution in [0.1, 0.15) is 6.92 Å². The molecule has 1 fully saturated rings. The summed E-state index contributed by atoms with van der Waals surface area (Å²) in [5.41, 5.74) is 0. The van der Waals surface area contributed by atoms with Gasteiger partial charge >= 0.3 is 0 Å². The lowest BCUT2D eigenvalue weighted by atomic mass is 10.2. The molecule has 0 radical (unpaired) electrons. The van der Waals surface area contributed by atoms with Gasteiger partial charge in [-0.15, -0.1) is 11.8 Å². The van der Waals surface area contributed by atoms with Crippen molar-refractivity contribution in [1.29, 1.82) is 0 Å². The number of likely N-dealkylation sites (N-methyl/N-ethyl adjacent to an activating group) is 1. The van der Waals surface area contributed by atoms with Crippen LogP contribution in [0.3, 0.4) is 0 Å². The van der Waals surface area contributed by atoms with Crippen molar-refractivity contribution in [3.63, 3.8) is 0 Å². The number of nitrogens with one attached hydrogen (secondary N) is 1. The van der Waals surface area contributed by atoms with E-state index in [2.05, 4.69) is 23.4 Å². The Kier molecular flexibility index (Phi) is 8.23. The van der Waals surface area contributed by atoms with E-state index < -0.39 is 0 Å². The fourth-order valence-corrected chi connectivity index (χ4v) is 2.03. The second-order valence-electron chi connectivity index (χ2n) is 3.92. The third-order valence-corrected chi connectivity index (χ3v) is 3.00. The van der Waals surface area contributed by atoms with Gasteiger partial charge in [0.25, 0.3) is 0 Å². The van der Waals surface area contributed by atoms with Crippen molar-refractivity contribution in [2.24, 2.45) is 0 Å². The van der Waals surface area contributed by atoms with Crippen molar-refractivity contribution in [2.75, 3.05) is 58.1 Å². The van der Waals surface area contributed by atoms with Crippen LogP contribution in [0.25, 0.3) is 0 Å². The minimum atomic E-state index is 0.342. The molecular formula is C11H24N2O2S. The van der Waals surface area contributed by atoms with Crippen LogP contribution in [-0.4, -0.2) is 69.1 Å². The summed E-state index contributed by atoms with van der Waals surface area (Å²) in [4.78, 5) is 2.42. The number of thioether (sulfide) groups is 1. The van der Waals surface area contributed by atoms with Gasteiger partial charge in [-0.3, -0.25) is 4.90 Å². The highest BCUT2D eigenvalue weighted by atomic mass is 32.2. The van der Waals surface area contributed by atoms with Gasteiger partial charge in [-0.1, -0.05) is 6.92 Å². The molecule has 0 aliphatic carbocycles. The summed E-state index contributed by atoms with van der Waals surface area (Å²) in [5.74, 6) is 0.797. The first-order chi connectivity index (χ1) is 7.86. The molecule has 1 aliphatic heterocycles. The number of hydrogen-bond donors (Lipinski definition) is 1. The Hall–Kier alpha value is 0.190.